The molecule has 0 atom stereocenters. The van der Waals surface area contributed by atoms with Crippen molar-refractivity contribution < 1.29 is 14.3 Å². The highest BCUT2D eigenvalue weighted by Gasteiger charge is 2.34. The number of likely N-dealkylation sites (N-methyl/N-ethyl adjacent to an activating group) is 1. The minimum Gasteiger partial charge on any atom is -0.454 e. The van der Waals surface area contributed by atoms with E-state index in [2.05, 4.69) is 22.9 Å². The van der Waals surface area contributed by atoms with Crippen LogP contribution in [0.4, 0.5) is 5.82 Å². The molecule has 0 spiro atoms. The number of fused-ring (bicyclic) bond motifs is 1. The molecule has 3 aliphatic heterocycles. The SMILES string of the molecule is CCn1c(N2CCN(C)CC2)c(C=C2SC(=S)N(Cc3ccc4c(c3)OCO4)C2=O)c(C)c(C#N)c1=O. The van der Waals surface area contributed by atoms with Crippen molar-refractivity contribution in [3.8, 4) is 17.6 Å². The van der Waals surface area contributed by atoms with Gasteiger partial charge in [-0.3, -0.25) is 19.1 Å². The molecule has 0 bridgehead atoms. The topological polar surface area (TPSA) is 91.0 Å². The number of carbonyl (C=O) groups is 1. The molecule has 0 saturated carbocycles. The number of anilines is 1. The quantitative estimate of drug-likeness (QED) is 0.422. The molecule has 9 nitrogen and oxygen atoms in total. The summed E-state index contributed by atoms with van der Waals surface area (Å²) in [5.41, 5.74) is 1.96. The molecule has 2 saturated heterocycles. The van der Waals surface area contributed by atoms with E-state index < -0.39 is 0 Å². The van der Waals surface area contributed by atoms with Gasteiger partial charge in [-0.25, -0.2) is 0 Å². The summed E-state index contributed by atoms with van der Waals surface area (Å²) < 4.78 is 12.9. The molecule has 192 valence electrons. The largest absolute Gasteiger partial charge is 0.454 e. The predicted molar refractivity (Wildman–Crippen MR) is 147 cm³/mol. The number of amides is 1. The molecule has 0 unspecified atom stereocenters. The molecule has 11 heteroatoms. The van der Waals surface area contributed by atoms with Gasteiger partial charge in [0.1, 0.15) is 21.8 Å². The standard InChI is InChI=1S/C26H27N5O4S2/c1-4-30-23(29-9-7-28(3)8-10-29)18(16(2)19(13-27)24(30)32)12-22-25(33)31(26(36)37-22)14-17-5-6-20-21(11-17)35-15-34-20/h5-6,11-12H,4,7-10,14-15H2,1-3H3. The number of thioether (sulfide) groups is 1. The molecule has 3 aliphatic rings. The van der Waals surface area contributed by atoms with Crippen LogP contribution in [0.3, 0.4) is 0 Å². The van der Waals surface area contributed by atoms with Crippen molar-refractivity contribution in [3.05, 3.63) is 55.7 Å². The van der Waals surface area contributed by atoms with Gasteiger partial charge in [0.15, 0.2) is 11.5 Å². The minimum absolute atomic E-state index is 0.0989. The van der Waals surface area contributed by atoms with E-state index >= 15 is 0 Å². The number of benzene rings is 1. The first kappa shape index (κ1) is 25.3. The van der Waals surface area contributed by atoms with Gasteiger partial charge in [0, 0.05) is 38.3 Å². The number of nitriles is 1. The molecule has 0 radical (unpaired) electrons. The number of hydrogen-bond acceptors (Lipinski definition) is 9. The number of ether oxygens (including phenoxy) is 2. The number of rotatable bonds is 5. The molecule has 2 aromatic rings. The monoisotopic (exact) mass is 537 g/mol. The van der Waals surface area contributed by atoms with Gasteiger partial charge in [-0.2, -0.15) is 5.26 Å². The number of hydrogen-bond donors (Lipinski definition) is 0. The van der Waals surface area contributed by atoms with Gasteiger partial charge in [0.05, 0.1) is 11.4 Å². The normalized spacial score (nSPS) is 18.7. The second-order valence-corrected chi connectivity index (χ2v) is 10.8. The van der Waals surface area contributed by atoms with Gasteiger partial charge in [-0.05, 0) is 50.2 Å². The Hall–Kier alpha value is -3.33. The van der Waals surface area contributed by atoms with Crippen LogP contribution in [-0.4, -0.2) is 64.6 Å². The summed E-state index contributed by atoms with van der Waals surface area (Å²) in [4.78, 5) is 33.1. The van der Waals surface area contributed by atoms with Crippen LogP contribution >= 0.6 is 24.0 Å². The first-order valence-corrected chi connectivity index (χ1v) is 13.3. The van der Waals surface area contributed by atoms with E-state index in [-0.39, 0.29) is 23.8 Å². The van der Waals surface area contributed by atoms with Crippen molar-refractivity contribution in [2.24, 2.45) is 0 Å². The summed E-state index contributed by atoms with van der Waals surface area (Å²) in [5, 5.41) is 9.78. The number of carbonyl (C=O) groups excluding carboxylic acids is 1. The van der Waals surface area contributed by atoms with Gasteiger partial charge in [0.2, 0.25) is 6.79 Å². The molecule has 1 amide bonds. The van der Waals surface area contributed by atoms with Crippen LogP contribution in [0.5, 0.6) is 11.5 Å². The number of aromatic nitrogens is 1. The fraction of sp³-hybridized carbons (Fsp3) is 0.385. The zero-order valence-corrected chi connectivity index (χ0v) is 22.6. The minimum atomic E-state index is -0.302. The van der Waals surface area contributed by atoms with Gasteiger partial charge in [-0.15, -0.1) is 0 Å². The highest BCUT2D eigenvalue weighted by Crippen LogP contribution is 2.38. The fourth-order valence-electron chi connectivity index (χ4n) is 4.79. The van der Waals surface area contributed by atoms with Crippen LogP contribution in [0.15, 0.2) is 27.9 Å². The molecular formula is C26H27N5O4S2. The second-order valence-electron chi connectivity index (χ2n) is 9.14. The average molecular weight is 538 g/mol. The number of piperazine rings is 1. The summed E-state index contributed by atoms with van der Waals surface area (Å²) >= 11 is 6.81. The van der Waals surface area contributed by atoms with E-state index in [0.717, 1.165) is 37.6 Å². The van der Waals surface area contributed by atoms with E-state index in [1.165, 1.54) is 11.8 Å². The summed E-state index contributed by atoms with van der Waals surface area (Å²) in [6.45, 7) is 7.78. The number of thiocarbonyl (C=S) groups is 1. The molecule has 2 fully saturated rings. The summed E-state index contributed by atoms with van der Waals surface area (Å²) in [5.74, 6) is 1.87. The summed E-state index contributed by atoms with van der Waals surface area (Å²) in [7, 11) is 2.07. The van der Waals surface area contributed by atoms with Crippen LogP contribution in [0.25, 0.3) is 6.08 Å². The number of nitrogens with zero attached hydrogens (tertiary/aromatic N) is 5. The highest BCUT2D eigenvalue weighted by atomic mass is 32.2. The van der Waals surface area contributed by atoms with Crippen molar-refractivity contribution >= 4 is 46.1 Å². The Morgan fingerprint density at radius 1 is 1.16 bits per heavy atom. The lowest BCUT2D eigenvalue weighted by Gasteiger charge is -2.36. The lowest BCUT2D eigenvalue weighted by molar-refractivity contribution is -0.122. The molecule has 37 heavy (non-hydrogen) atoms. The van der Waals surface area contributed by atoms with Crippen molar-refractivity contribution in [1.29, 1.82) is 5.26 Å². The Balaban J connectivity index is 1.53. The molecule has 1 aromatic carbocycles. The van der Waals surface area contributed by atoms with Crippen LogP contribution in [0.2, 0.25) is 0 Å². The zero-order valence-electron chi connectivity index (χ0n) is 20.9. The van der Waals surface area contributed by atoms with Gasteiger partial charge in [-0.1, -0.05) is 30.0 Å². The zero-order chi connectivity index (χ0) is 26.3. The fourth-order valence-corrected chi connectivity index (χ4v) is 6.02. The van der Waals surface area contributed by atoms with Gasteiger partial charge in [0.25, 0.3) is 11.5 Å². The van der Waals surface area contributed by atoms with E-state index in [1.807, 2.05) is 25.1 Å². The maximum atomic E-state index is 13.5. The third-order valence-corrected chi connectivity index (χ3v) is 8.27. The maximum absolute atomic E-state index is 13.5. The Morgan fingerprint density at radius 3 is 2.59 bits per heavy atom. The average Bonchev–Trinajstić information content (AvgIpc) is 3.46. The van der Waals surface area contributed by atoms with Gasteiger partial charge < -0.3 is 19.3 Å². The Morgan fingerprint density at radius 2 is 1.89 bits per heavy atom. The first-order chi connectivity index (χ1) is 17.8. The maximum Gasteiger partial charge on any atom is 0.270 e. The first-order valence-electron chi connectivity index (χ1n) is 12.1. The molecule has 0 N–H and O–H groups in total. The Kier molecular flexibility index (Phi) is 6.98. The Labute approximate surface area is 224 Å². The van der Waals surface area contributed by atoms with Crippen molar-refractivity contribution in [2.75, 3.05) is 44.9 Å². The van der Waals surface area contributed by atoms with E-state index in [4.69, 9.17) is 21.7 Å². The lowest BCUT2D eigenvalue weighted by atomic mass is 10.0. The van der Waals surface area contributed by atoms with Crippen LogP contribution < -0.4 is 19.9 Å². The molecule has 0 aliphatic carbocycles. The lowest BCUT2D eigenvalue weighted by Crippen LogP contribution is -2.47. The van der Waals surface area contributed by atoms with E-state index in [0.29, 0.717) is 44.9 Å². The second kappa shape index (κ2) is 10.2. The molecule has 4 heterocycles. The highest BCUT2D eigenvalue weighted by molar-refractivity contribution is 8.26. The van der Waals surface area contributed by atoms with Crippen LogP contribution in [-0.2, 0) is 17.9 Å². The summed E-state index contributed by atoms with van der Waals surface area (Å²) in [6, 6.07) is 7.66. The van der Waals surface area contributed by atoms with Crippen LogP contribution in [0.1, 0.15) is 29.2 Å². The van der Waals surface area contributed by atoms with E-state index in [1.54, 1.807) is 22.5 Å². The van der Waals surface area contributed by atoms with Crippen molar-refractivity contribution in [2.45, 2.75) is 26.9 Å². The third-order valence-electron chi connectivity index (χ3n) is 6.89. The van der Waals surface area contributed by atoms with Crippen molar-refractivity contribution in [3.63, 3.8) is 0 Å². The van der Waals surface area contributed by atoms with Crippen LogP contribution in [0, 0.1) is 18.3 Å². The predicted octanol–water partition coefficient (Wildman–Crippen LogP) is 2.93. The molecular weight excluding hydrogens is 510 g/mol. The smallest absolute Gasteiger partial charge is 0.270 e. The number of pyridine rings is 1. The Bertz CT molecular complexity index is 1420. The summed E-state index contributed by atoms with van der Waals surface area (Å²) in [6.07, 6.45) is 1.80. The van der Waals surface area contributed by atoms with E-state index in [9.17, 15) is 14.9 Å². The molecule has 5 rings (SSSR count). The third kappa shape index (κ3) is 4.61. The molecule has 1 aromatic heterocycles. The van der Waals surface area contributed by atoms with Gasteiger partial charge >= 0.3 is 0 Å². The van der Waals surface area contributed by atoms with Crippen molar-refractivity contribution in [1.82, 2.24) is 14.4 Å².